The zero-order valence-corrected chi connectivity index (χ0v) is 15.7. The molecule has 0 radical (unpaired) electrons. The van der Waals surface area contributed by atoms with Crippen molar-refractivity contribution in [3.05, 3.63) is 40.2 Å². The van der Waals surface area contributed by atoms with E-state index in [0.717, 1.165) is 6.42 Å². The highest BCUT2D eigenvalue weighted by Crippen LogP contribution is 2.30. The van der Waals surface area contributed by atoms with Crippen LogP contribution in [-0.2, 0) is 4.74 Å². The predicted octanol–water partition coefficient (Wildman–Crippen LogP) is 2.30. The van der Waals surface area contributed by atoms with Crippen LogP contribution in [0.15, 0.2) is 33.5 Å². The Kier molecular flexibility index (Phi) is 4.70. The van der Waals surface area contributed by atoms with Gasteiger partial charge in [0.05, 0.1) is 13.2 Å². The van der Waals surface area contributed by atoms with E-state index in [4.69, 9.17) is 13.9 Å². The summed E-state index contributed by atoms with van der Waals surface area (Å²) < 4.78 is 16.3. The second-order valence-electron chi connectivity index (χ2n) is 7.21. The van der Waals surface area contributed by atoms with Crippen molar-refractivity contribution in [2.45, 2.75) is 31.8 Å². The maximum atomic E-state index is 12.9. The highest BCUT2D eigenvalue weighted by atomic mass is 16.6. The molecule has 148 valence electrons. The van der Waals surface area contributed by atoms with Gasteiger partial charge in [-0.3, -0.25) is 4.79 Å². The van der Waals surface area contributed by atoms with Gasteiger partial charge >= 0.3 is 11.7 Å². The molecule has 3 heterocycles. The van der Waals surface area contributed by atoms with Crippen LogP contribution < -0.4 is 15.7 Å². The predicted molar refractivity (Wildman–Crippen MR) is 101 cm³/mol. The lowest BCUT2D eigenvalue weighted by Gasteiger charge is -2.36. The summed E-state index contributed by atoms with van der Waals surface area (Å²) in [5, 5.41) is 3.32. The van der Waals surface area contributed by atoms with E-state index in [1.165, 1.54) is 0 Å². The SMILES string of the molecule is CCCOc1ccc2cc(C(=O)N3CCC4(CC3)CNC(=O)O4)c(=O)oc2c1. The summed E-state index contributed by atoms with van der Waals surface area (Å²) in [6, 6.07) is 6.79. The van der Waals surface area contributed by atoms with Crippen molar-refractivity contribution >= 4 is 23.0 Å². The first-order valence-corrected chi connectivity index (χ1v) is 9.46. The summed E-state index contributed by atoms with van der Waals surface area (Å²) in [7, 11) is 0. The molecule has 1 spiro atoms. The fourth-order valence-electron chi connectivity index (χ4n) is 3.62. The van der Waals surface area contributed by atoms with Gasteiger partial charge in [0, 0.05) is 37.4 Å². The van der Waals surface area contributed by atoms with Crippen LogP contribution in [0.1, 0.15) is 36.5 Å². The minimum absolute atomic E-state index is 0.00668. The Morgan fingerprint density at radius 3 is 2.71 bits per heavy atom. The van der Waals surface area contributed by atoms with Gasteiger partial charge in [0.1, 0.15) is 22.5 Å². The quantitative estimate of drug-likeness (QED) is 0.810. The number of amides is 2. The first-order chi connectivity index (χ1) is 13.5. The van der Waals surface area contributed by atoms with Gasteiger partial charge < -0.3 is 24.1 Å². The van der Waals surface area contributed by atoms with Gasteiger partial charge in [-0.1, -0.05) is 6.92 Å². The van der Waals surface area contributed by atoms with E-state index in [9.17, 15) is 14.4 Å². The van der Waals surface area contributed by atoms with E-state index in [1.807, 2.05) is 6.92 Å². The summed E-state index contributed by atoms with van der Waals surface area (Å²) in [5.41, 5.74) is -0.820. The van der Waals surface area contributed by atoms with Crippen molar-refractivity contribution in [1.82, 2.24) is 10.2 Å². The standard InChI is InChI=1S/C20H22N2O6/c1-2-9-26-14-4-3-13-10-15(18(24)27-16(13)11-14)17(23)22-7-5-20(6-8-22)12-21-19(25)28-20/h3-4,10-11H,2,5-9,12H2,1H3,(H,21,25). The maximum absolute atomic E-state index is 12.9. The third-order valence-corrected chi connectivity index (χ3v) is 5.24. The molecule has 2 aliphatic rings. The highest BCUT2D eigenvalue weighted by Gasteiger charge is 2.43. The third kappa shape index (κ3) is 3.42. The molecule has 2 aromatic rings. The molecule has 8 nitrogen and oxygen atoms in total. The minimum atomic E-state index is -0.667. The number of carbonyl (C=O) groups excluding carboxylic acids is 2. The van der Waals surface area contributed by atoms with Gasteiger partial charge in [0.25, 0.3) is 5.91 Å². The molecule has 2 amide bonds. The van der Waals surface area contributed by atoms with Crippen LogP contribution in [0.25, 0.3) is 11.0 Å². The molecular weight excluding hydrogens is 364 g/mol. The number of rotatable bonds is 4. The van der Waals surface area contributed by atoms with E-state index in [0.29, 0.717) is 55.8 Å². The lowest BCUT2D eigenvalue weighted by molar-refractivity contribution is 0.00321. The van der Waals surface area contributed by atoms with E-state index < -0.39 is 17.3 Å². The van der Waals surface area contributed by atoms with Crippen LogP contribution >= 0.6 is 0 Å². The van der Waals surface area contributed by atoms with E-state index in [2.05, 4.69) is 5.32 Å². The number of fused-ring (bicyclic) bond motifs is 1. The van der Waals surface area contributed by atoms with E-state index in [-0.39, 0.29) is 11.5 Å². The van der Waals surface area contributed by atoms with Crippen molar-refractivity contribution in [2.75, 3.05) is 26.2 Å². The number of ether oxygens (including phenoxy) is 2. The summed E-state index contributed by atoms with van der Waals surface area (Å²) >= 11 is 0. The molecule has 4 rings (SSSR count). The Morgan fingerprint density at radius 1 is 1.25 bits per heavy atom. The molecule has 1 aromatic heterocycles. The van der Waals surface area contributed by atoms with E-state index >= 15 is 0 Å². The van der Waals surface area contributed by atoms with Crippen LogP contribution in [-0.4, -0.2) is 48.7 Å². The van der Waals surface area contributed by atoms with Crippen molar-refractivity contribution in [3.63, 3.8) is 0 Å². The van der Waals surface area contributed by atoms with Crippen LogP contribution in [0.4, 0.5) is 4.79 Å². The number of hydrogen-bond donors (Lipinski definition) is 1. The third-order valence-electron chi connectivity index (χ3n) is 5.24. The Morgan fingerprint density at radius 2 is 2.04 bits per heavy atom. The summed E-state index contributed by atoms with van der Waals surface area (Å²) in [4.78, 5) is 38.2. The number of alkyl carbamates (subject to hydrolysis) is 1. The number of likely N-dealkylation sites (tertiary alicyclic amines) is 1. The van der Waals surface area contributed by atoms with E-state index in [1.54, 1.807) is 29.2 Å². The average Bonchev–Trinajstić information content (AvgIpc) is 3.05. The Bertz CT molecular complexity index is 974. The van der Waals surface area contributed by atoms with Crippen molar-refractivity contribution in [1.29, 1.82) is 0 Å². The van der Waals surface area contributed by atoms with Gasteiger partial charge in [-0.25, -0.2) is 9.59 Å². The smallest absolute Gasteiger partial charge is 0.407 e. The van der Waals surface area contributed by atoms with Gasteiger partial charge in [0.2, 0.25) is 0 Å². The largest absolute Gasteiger partial charge is 0.493 e. The Labute approximate surface area is 161 Å². The number of nitrogens with one attached hydrogen (secondary N) is 1. The first kappa shape index (κ1) is 18.3. The zero-order chi connectivity index (χ0) is 19.7. The Balaban J connectivity index is 1.52. The van der Waals surface area contributed by atoms with Gasteiger partial charge in [-0.05, 0) is 24.6 Å². The summed E-state index contributed by atoms with van der Waals surface area (Å²) in [6.45, 7) is 3.86. The molecule has 1 aromatic carbocycles. The highest BCUT2D eigenvalue weighted by molar-refractivity contribution is 5.96. The Hall–Kier alpha value is -3.03. The van der Waals surface area contributed by atoms with Crippen molar-refractivity contribution in [2.24, 2.45) is 0 Å². The first-order valence-electron chi connectivity index (χ1n) is 9.46. The molecule has 0 atom stereocenters. The lowest BCUT2D eigenvalue weighted by atomic mass is 9.91. The summed E-state index contributed by atoms with van der Waals surface area (Å²) in [5.74, 6) is 0.256. The zero-order valence-electron chi connectivity index (χ0n) is 15.7. The fourth-order valence-corrected chi connectivity index (χ4v) is 3.62. The molecule has 1 N–H and O–H groups in total. The van der Waals surface area contributed by atoms with Crippen LogP contribution in [0, 0.1) is 0 Å². The number of hydrogen-bond acceptors (Lipinski definition) is 6. The van der Waals surface area contributed by atoms with Crippen LogP contribution in [0.2, 0.25) is 0 Å². The average molecular weight is 386 g/mol. The molecule has 0 unspecified atom stereocenters. The van der Waals surface area contributed by atoms with Crippen molar-refractivity contribution in [3.8, 4) is 5.75 Å². The number of benzene rings is 1. The summed E-state index contributed by atoms with van der Waals surface area (Å²) in [6.07, 6.45) is 1.53. The number of piperidine rings is 1. The molecule has 2 saturated heterocycles. The minimum Gasteiger partial charge on any atom is -0.493 e. The number of nitrogens with zero attached hydrogens (tertiary/aromatic N) is 1. The van der Waals surface area contributed by atoms with Crippen molar-refractivity contribution < 1.29 is 23.5 Å². The lowest BCUT2D eigenvalue weighted by Crippen LogP contribution is -2.49. The molecule has 28 heavy (non-hydrogen) atoms. The second kappa shape index (κ2) is 7.18. The molecule has 8 heteroatoms. The molecular formula is C20H22N2O6. The van der Waals surface area contributed by atoms with Gasteiger partial charge in [-0.15, -0.1) is 0 Å². The maximum Gasteiger partial charge on any atom is 0.407 e. The molecule has 2 aliphatic heterocycles. The molecule has 2 fully saturated rings. The topological polar surface area (TPSA) is 98.1 Å². The molecule has 0 bridgehead atoms. The number of carbonyl (C=O) groups is 2. The van der Waals surface area contributed by atoms with Crippen LogP contribution in [0.5, 0.6) is 5.75 Å². The fraction of sp³-hybridized carbons (Fsp3) is 0.450. The molecule has 0 aliphatic carbocycles. The van der Waals surface area contributed by atoms with Gasteiger partial charge in [-0.2, -0.15) is 0 Å². The van der Waals surface area contributed by atoms with Crippen LogP contribution in [0.3, 0.4) is 0 Å². The monoisotopic (exact) mass is 386 g/mol. The second-order valence-corrected chi connectivity index (χ2v) is 7.21. The molecule has 0 saturated carbocycles. The van der Waals surface area contributed by atoms with Gasteiger partial charge in [0.15, 0.2) is 0 Å². The normalized spacial score (nSPS) is 18.2.